The molecule has 0 unspecified atom stereocenters. The first kappa shape index (κ1) is 15.1. The molecule has 4 rings (SSSR count). The van der Waals surface area contributed by atoms with Gasteiger partial charge in [0.05, 0.1) is 6.61 Å². The lowest BCUT2D eigenvalue weighted by molar-refractivity contribution is 0.0759. The first-order valence-corrected chi connectivity index (χ1v) is 9.89. The van der Waals surface area contributed by atoms with Gasteiger partial charge in [-0.2, -0.15) is 16.9 Å². The van der Waals surface area contributed by atoms with Crippen LogP contribution in [0, 0.1) is 0 Å². The topological polar surface area (TPSA) is 47.4 Å². The highest BCUT2D eigenvalue weighted by Crippen LogP contribution is 2.37. The van der Waals surface area contributed by atoms with Gasteiger partial charge in [-0.3, -0.25) is 4.79 Å². The van der Waals surface area contributed by atoms with Crippen molar-refractivity contribution in [2.45, 2.75) is 24.6 Å². The number of hydrogen-bond donors (Lipinski definition) is 0. The molecular weight excluding hydrogens is 330 g/mol. The molecule has 2 aromatic heterocycles. The highest BCUT2D eigenvalue weighted by molar-refractivity contribution is 7.99. The molecule has 1 atom stereocenters. The van der Waals surface area contributed by atoms with E-state index < -0.39 is 0 Å². The van der Waals surface area contributed by atoms with Crippen LogP contribution in [-0.4, -0.2) is 46.0 Å². The lowest BCUT2D eigenvalue weighted by atomic mass is 10.2. The number of aromatic nitrogens is 2. The lowest BCUT2D eigenvalue weighted by Crippen LogP contribution is -2.33. The molecule has 2 aliphatic heterocycles. The molecule has 7 heteroatoms. The van der Waals surface area contributed by atoms with Crippen LogP contribution >= 0.6 is 23.1 Å². The SMILES string of the molecule is O=C(c1cc2n(n1)CCCO2)N1CCS[C@H](c2cccs2)CC1. The van der Waals surface area contributed by atoms with Crippen LogP contribution in [0.4, 0.5) is 0 Å². The lowest BCUT2D eigenvalue weighted by Gasteiger charge is -2.18. The standard InChI is InChI=1S/C16H19N3O2S2/c20-16(12-11-15-19(17-12)5-2-8-21-15)18-6-4-14(23-10-7-18)13-3-1-9-22-13/h1,3,9,11,14H,2,4-8,10H2/t14-/m0/s1. The molecule has 122 valence electrons. The predicted molar refractivity (Wildman–Crippen MR) is 92.4 cm³/mol. The van der Waals surface area contributed by atoms with Crippen LogP contribution < -0.4 is 4.74 Å². The molecule has 1 fully saturated rings. The van der Waals surface area contributed by atoms with Gasteiger partial charge in [-0.1, -0.05) is 6.07 Å². The van der Waals surface area contributed by atoms with Crippen LogP contribution in [0.3, 0.4) is 0 Å². The summed E-state index contributed by atoms with van der Waals surface area (Å²) < 4.78 is 7.36. The van der Waals surface area contributed by atoms with Crippen LogP contribution in [0.2, 0.25) is 0 Å². The van der Waals surface area contributed by atoms with Crippen molar-refractivity contribution in [3.63, 3.8) is 0 Å². The van der Waals surface area contributed by atoms with Crippen molar-refractivity contribution >= 4 is 29.0 Å². The summed E-state index contributed by atoms with van der Waals surface area (Å²) in [5.74, 6) is 1.72. The summed E-state index contributed by atoms with van der Waals surface area (Å²) in [7, 11) is 0. The fraction of sp³-hybridized carbons (Fsp3) is 0.500. The summed E-state index contributed by atoms with van der Waals surface area (Å²) in [5, 5.41) is 7.05. The number of aryl methyl sites for hydroxylation is 1. The molecular formula is C16H19N3O2S2. The van der Waals surface area contributed by atoms with Gasteiger partial charge in [-0.05, 0) is 17.9 Å². The monoisotopic (exact) mass is 349 g/mol. The Morgan fingerprint density at radius 1 is 1.35 bits per heavy atom. The summed E-state index contributed by atoms with van der Waals surface area (Å²) in [5.41, 5.74) is 0.515. The molecule has 0 saturated carbocycles. The Bertz CT molecular complexity index is 660. The maximum absolute atomic E-state index is 12.8. The number of hydrogen-bond acceptors (Lipinski definition) is 5. The molecule has 2 aliphatic rings. The number of carbonyl (C=O) groups is 1. The third kappa shape index (κ3) is 3.12. The van der Waals surface area contributed by atoms with E-state index in [-0.39, 0.29) is 5.91 Å². The van der Waals surface area contributed by atoms with Crippen molar-refractivity contribution in [2.24, 2.45) is 0 Å². The van der Waals surface area contributed by atoms with Gasteiger partial charge in [0, 0.05) is 48.0 Å². The largest absolute Gasteiger partial charge is 0.478 e. The summed E-state index contributed by atoms with van der Waals surface area (Å²) in [6.45, 7) is 3.12. The Morgan fingerprint density at radius 2 is 2.30 bits per heavy atom. The zero-order valence-electron chi connectivity index (χ0n) is 12.8. The molecule has 1 saturated heterocycles. The number of carbonyl (C=O) groups excluding carboxylic acids is 1. The normalized spacial score (nSPS) is 21.4. The molecule has 0 aliphatic carbocycles. The second-order valence-electron chi connectivity index (χ2n) is 5.75. The Morgan fingerprint density at radius 3 is 3.13 bits per heavy atom. The smallest absolute Gasteiger partial charge is 0.274 e. The van der Waals surface area contributed by atoms with Crippen LogP contribution in [0.25, 0.3) is 0 Å². The first-order valence-electron chi connectivity index (χ1n) is 7.96. The number of nitrogens with zero attached hydrogens (tertiary/aromatic N) is 3. The highest BCUT2D eigenvalue weighted by Gasteiger charge is 2.26. The predicted octanol–water partition coefficient (Wildman–Crippen LogP) is 3.05. The van der Waals surface area contributed by atoms with Gasteiger partial charge in [-0.25, -0.2) is 4.68 Å². The zero-order valence-corrected chi connectivity index (χ0v) is 14.4. The zero-order chi connectivity index (χ0) is 15.6. The molecule has 1 amide bonds. The summed E-state index contributed by atoms with van der Waals surface area (Å²) >= 11 is 3.76. The van der Waals surface area contributed by atoms with Gasteiger partial charge in [0.15, 0.2) is 5.69 Å². The first-order chi connectivity index (χ1) is 11.3. The van der Waals surface area contributed by atoms with E-state index in [1.165, 1.54) is 4.88 Å². The minimum atomic E-state index is 0.0305. The molecule has 5 nitrogen and oxygen atoms in total. The Balaban J connectivity index is 1.45. The minimum absolute atomic E-state index is 0.0305. The molecule has 2 aromatic rings. The Hall–Kier alpha value is -1.47. The van der Waals surface area contributed by atoms with Gasteiger partial charge < -0.3 is 9.64 Å². The number of rotatable bonds is 2. The van der Waals surface area contributed by atoms with Crippen molar-refractivity contribution in [3.05, 3.63) is 34.2 Å². The second-order valence-corrected chi connectivity index (χ2v) is 8.04. The molecule has 0 N–H and O–H groups in total. The average molecular weight is 349 g/mol. The van der Waals surface area contributed by atoms with Gasteiger partial charge in [0.1, 0.15) is 0 Å². The maximum atomic E-state index is 12.8. The summed E-state index contributed by atoms with van der Waals surface area (Å²) in [6, 6.07) is 6.08. The van der Waals surface area contributed by atoms with Crippen LogP contribution in [0.5, 0.6) is 5.88 Å². The minimum Gasteiger partial charge on any atom is -0.478 e. The average Bonchev–Trinajstić information content (AvgIpc) is 3.19. The second kappa shape index (κ2) is 6.57. The molecule has 0 bridgehead atoms. The van der Waals surface area contributed by atoms with Crippen molar-refractivity contribution in [1.82, 2.24) is 14.7 Å². The number of fused-ring (bicyclic) bond motifs is 1. The van der Waals surface area contributed by atoms with Crippen LogP contribution in [-0.2, 0) is 6.54 Å². The van der Waals surface area contributed by atoms with Crippen molar-refractivity contribution < 1.29 is 9.53 Å². The van der Waals surface area contributed by atoms with Crippen molar-refractivity contribution in [1.29, 1.82) is 0 Å². The van der Waals surface area contributed by atoms with E-state index in [1.54, 1.807) is 22.1 Å². The number of thiophene rings is 1. The quantitative estimate of drug-likeness (QED) is 0.836. The fourth-order valence-electron chi connectivity index (χ4n) is 3.01. The van der Waals surface area contributed by atoms with E-state index in [2.05, 4.69) is 22.6 Å². The fourth-order valence-corrected chi connectivity index (χ4v) is 5.25. The van der Waals surface area contributed by atoms with E-state index in [9.17, 15) is 4.79 Å². The highest BCUT2D eigenvalue weighted by atomic mass is 32.2. The van der Waals surface area contributed by atoms with E-state index in [0.29, 0.717) is 17.6 Å². The molecule has 4 heterocycles. The Kier molecular flexibility index (Phi) is 4.31. The van der Waals surface area contributed by atoms with E-state index >= 15 is 0 Å². The maximum Gasteiger partial charge on any atom is 0.274 e. The third-order valence-electron chi connectivity index (χ3n) is 4.22. The number of thioether (sulfide) groups is 1. The van der Waals surface area contributed by atoms with E-state index in [4.69, 9.17) is 4.74 Å². The van der Waals surface area contributed by atoms with Crippen LogP contribution in [0.15, 0.2) is 23.6 Å². The molecule has 0 spiro atoms. The van der Waals surface area contributed by atoms with Gasteiger partial charge >= 0.3 is 0 Å². The van der Waals surface area contributed by atoms with Crippen molar-refractivity contribution in [3.8, 4) is 5.88 Å². The van der Waals surface area contributed by atoms with Gasteiger partial charge in [0.25, 0.3) is 5.91 Å². The van der Waals surface area contributed by atoms with Gasteiger partial charge in [0.2, 0.25) is 5.88 Å². The number of amides is 1. The van der Waals surface area contributed by atoms with E-state index in [0.717, 1.165) is 44.1 Å². The van der Waals surface area contributed by atoms with Gasteiger partial charge in [-0.15, -0.1) is 11.3 Å². The van der Waals surface area contributed by atoms with E-state index in [1.807, 2.05) is 16.7 Å². The van der Waals surface area contributed by atoms with Crippen LogP contribution in [0.1, 0.15) is 33.5 Å². The summed E-state index contributed by atoms with van der Waals surface area (Å²) in [4.78, 5) is 16.1. The summed E-state index contributed by atoms with van der Waals surface area (Å²) in [6.07, 6.45) is 1.95. The molecule has 0 aromatic carbocycles. The number of ether oxygens (including phenoxy) is 1. The third-order valence-corrected chi connectivity index (χ3v) is 6.66. The van der Waals surface area contributed by atoms with Crippen molar-refractivity contribution in [2.75, 3.05) is 25.4 Å². The molecule has 23 heavy (non-hydrogen) atoms. The molecule has 0 radical (unpaired) electrons. The Labute approximate surface area is 143 Å².